The van der Waals surface area contributed by atoms with Crippen LogP contribution in [0.25, 0.3) is 0 Å². The highest BCUT2D eigenvalue weighted by molar-refractivity contribution is 4.89. The molecule has 1 saturated carbocycles. The predicted octanol–water partition coefficient (Wildman–Crippen LogP) is 2.42. The van der Waals surface area contributed by atoms with Crippen LogP contribution in [0.15, 0.2) is 0 Å². The molecule has 1 nitrogen and oxygen atoms in total. The van der Waals surface area contributed by atoms with Gasteiger partial charge in [0.25, 0.3) is 0 Å². The maximum Gasteiger partial charge on any atom is 0.00980 e. The van der Waals surface area contributed by atoms with Crippen molar-refractivity contribution in [2.24, 2.45) is 17.8 Å². The molecule has 4 atom stereocenters. The monoisotopic (exact) mass is 167 g/mol. The summed E-state index contributed by atoms with van der Waals surface area (Å²) < 4.78 is 0. The molecule has 12 heavy (non-hydrogen) atoms. The predicted molar refractivity (Wildman–Crippen MR) is 52.1 cm³/mol. The topological polar surface area (TPSA) is 12.0 Å². The Kier molecular flexibility index (Phi) is 2.40. The van der Waals surface area contributed by atoms with Crippen LogP contribution in [-0.2, 0) is 0 Å². The van der Waals surface area contributed by atoms with Crippen molar-refractivity contribution in [2.45, 2.75) is 45.6 Å². The van der Waals surface area contributed by atoms with E-state index in [-0.39, 0.29) is 0 Å². The SMILES string of the molecule is CC1CC2CCCNC2CC1C. The molecule has 0 radical (unpaired) electrons. The fraction of sp³-hybridized carbons (Fsp3) is 1.00. The van der Waals surface area contributed by atoms with Crippen LogP contribution in [0.4, 0.5) is 0 Å². The highest BCUT2D eigenvalue weighted by Gasteiger charge is 2.33. The molecule has 0 amide bonds. The van der Waals surface area contributed by atoms with Gasteiger partial charge in [0.2, 0.25) is 0 Å². The minimum absolute atomic E-state index is 0.866. The van der Waals surface area contributed by atoms with Gasteiger partial charge in [-0.25, -0.2) is 0 Å². The fourth-order valence-electron chi connectivity index (χ4n) is 2.92. The third-order valence-electron chi connectivity index (χ3n) is 4.00. The van der Waals surface area contributed by atoms with Gasteiger partial charge in [-0.3, -0.25) is 0 Å². The summed E-state index contributed by atoms with van der Waals surface area (Å²) in [5.74, 6) is 2.91. The summed E-state index contributed by atoms with van der Waals surface area (Å²) in [5.41, 5.74) is 0. The van der Waals surface area contributed by atoms with Gasteiger partial charge in [-0.15, -0.1) is 0 Å². The van der Waals surface area contributed by atoms with Crippen molar-refractivity contribution in [1.82, 2.24) is 5.32 Å². The van der Waals surface area contributed by atoms with Gasteiger partial charge in [0, 0.05) is 6.04 Å². The van der Waals surface area contributed by atoms with Crippen LogP contribution in [-0.4, -0.2) is 12.6 Å². The Morgan fingerprint density at radius 1 is 1.08 bits per heavy atom. The molecule has 1 heteroatoms. The molecular formula is C11H21N. The molecule has 0 aromatic rings. The Bertz CT molecular complexity index is 137. The first-order valence-corrected chi connectivity index (χ1v) is 5.50. The molecule has 4 unspecified atom stereocenters. The van der Waals surface area contributed by atoms with Gasteiger partial charge >= 0.3 is 0 Å². The molecule has 2 rings (SSSR count). The molecule has 2 aliphatic rings. The quantitative estimate of drug-likeness (QED) is 0.584. The third-order valence-corrected chi connectivity index (χ3v) is 4.00. The largest absolute Gasteiger partial charge is 0.314 e. The average molecular weight is 167 g/mol. The van der Waals surface area contributed by atoms with Crippen molar-refractivity contribution in [2.75, 3.05) is 6.54 Å². The van der Waals surface area contributed by atoms with E-state index in [1.165, 1.54) is 32.2 Å². The summed E-state index contributed by atoms with van der Waals surface area (Å²) in [4.78, 5) is 0. The molecule has 0 bridgehead atoms. The van der Waals surface area contributed by atoms with Crippen LogP contribution < -0.4 is 5.32 Å². The van der Waals surface area contributed by atoms with Crippen molar-refractivity contribution in [3.63, 3.8) is 0 Å². The first-order valence-electron chi connectivity index (χ1n) is 5.50. The Hall–Kier alpha value is -0.0400. The zero-order valence-corrected chi connectivity index (χ0v) is 8.34. The van der Waals surface area contributed by atoms with Gasteiger partial charge in [-0.1, -0.05) is 13.8 Å². The minimum atomic E-state index is 0.866. The van der Waals surface area contributed by atoms with Crippen molar-refractivity contribution in [3.05, 3.63) is 0 Å². The summed E-state index contributed by atoms with van der Waals surface area (Å²) >= 11 is 0. The number of nitrogens with one attached hydrogen (secondary N) is 1. The van der Waals surface area contributed by atoms with E-state index < -0.39 is 0 Å². The van der Waals surface area contributed by atoms with E-state index in [9.17, 15) is 0 Å². The maximum absolute atomic E-state index is 3.67. The van der Waals surface area contributed by atoms with E-state index in [4.69, 9.17) is 0 Å². The van der Waals surface area contributed by atoms with E-state index >= 15 is 0 Å². The van der Waals surface area contributed by atoms with Crippen molar-refractivity contribution < 1.29 is 0 Å². The summed E-state index contributed by atoms with van der Waals surface area (Å²) in [5, 5.41) is 3.67. The van der Waals surface area contributed by atoms with Crippen LogP contribution in [0.5, 0.6) is 0 Å². The lowest BCUT2D eigenvalue weighted by molar-refractivity contribution is 0.127. The van der Waals surface area contributed by atoms with Crippen molar-refractivity contribution >= 4 is 0 Å². The van der Waals surface area contributed by atoms with Crippen LogP contribution in [0.3, 0.4) is 0 Å². The highest BCUT2D eigenvalue weighted by atomic mass is 14.9. The number of hydrogen-bond acceptors (Lipinski definition) is 1. The van der Waals surface area contributed by atoms with Crippen molar-refractivity contribution in [3.8, 4) is 0 Å². The lowest BCUT2D eigenvalue weighted by Gasteiger charge is -2.42. The molecule has 1 aliphatic carbocycles. The number of piperidine rings is 1. The van der Waals surface area contributed by atoms with E-state index in [0.29, 0.717) is 0 Å². The van der Waals surface area contributed by atoms with Crippen LogP contribution in [0.2, 0.25) is 0 Å². The van der Waals surface area contributed by atoms with Crippen LogP contribution in [0, 0.1) is 17.8 Å². The van der Waals surface area contributed by atoms with Gasteiger partial charge in [-0.05, 0) is 50.0 Å². The first kappa shape index (κ1) is 8.55. The maximum atomic E-state index is 3.67. The second kappa shape index (κ2) is 3.37. The van der Waals surface area contributed by atoms with Gasteiger partial charge in [0.1, 0.15) is 0 Å². The van der Waals surface area contributed by atoms with Gasteiger partial charge in [0.05, 0.1) is 0 Å². The van der Waals surface area contributed by atoms with Crippen LogP contribution in [0.1, 0.15) is 39.5 Å². The fourth-order valence-corrected chi connectivity index (χ4v) is 2.92. The lowest BCUT2D eigenvalue weighted by atomic mass is 9.70. The zero-order chi connectivity index (χ0) is 8.55. The minimum Gasteiger partial charge on any atom is -0.314 e. The van der Waals surface area contributed by atoms with E-state index in [1.54, 1.807) is 0 Å². The summed E-state index contributed by atoms with van der Waals surface area (Å²) in [6, 6.07) is 0.866. The van der Waals surface area contributed by atoms with E-state index in [2.05, 4.69) is 19.2 Å². The molecule has 70 valence electrons. The van der Waals surface area contributed by atoms with Crippen LogP contribution >= 0.6 is 0 Å². The summed E-state index contributed by atoms with van der Waals surface area (Å²) in [6.45, 7) is 6.11. The smallest absolute Gasteiger partial charge is 0.00980 e. The zero-order valence-electron chi connectivity index (χ0n) is 8.34. The molecule has 1 saturated heterocycles. The second-order valence-corrected chi connectivity index (χ2v) is 4.89. The first-order chi connectivity index (χ1) is 5.77. The third kappa shape index (κ3) is 1.52. The molecule has 1 heterocycles. The standard InChI is InChI=1S/C11H21N/c1-8-6-10-4-3-5-12-11(10)7-9(8)2/h8-12H,3-7H2,1-2H3. The Labute approximate surface area is 75.9 Å². The molecule has 1 aliphatic heterocycles. The Balaban J connectivity index is 1.98. The highest BCUT2D eigenvalue weighted by Crippen LogP contribution is 2.37. The molecule has 0 spiro atoms. The molecule has 1 N–H and O–H groups in total. The molecule has 0 aromatic heterocycles. The molecule has 2 fully saturated rings. The molecule has 0 aromatic carbocycles. The average Bonchev–Trinajstić information content (AvgIpc) is 2.07. The summed E-state index contributed by atoms with van der Waals surface area (Å²) in [6.07, 6.45) is 5.78. The lowest BCUT2D eigenvalue weighted by Crippen LogP contribution is -2.46. The number of fused-ring (bicyclic) bond motifs is 1. The van der Waals surface area contributed by atoms with Crippen molar-refractivity contribution in [1.29, 1.82) is 0 Å². The second-order valence-electron chi connectivity index (χ2n) is 4.89. The van der Waals surface area contributed by atoms with Gasteiger partial charge in [-0.2, -0.15) is 0 Å². The van der Waals surface area contributed by atoms with Gasteiger partial charge < -0.3 is 5.32 Å². The van der Waals surface area contributed by atoms with E-state index in [0.717, 1.165) is 23.8 Å². The Morgan fingerprint density at radius 2 is 1.83 bits per heavy atom. The van der Waals surface area contributed by atoms with Gasteiger partial charge in [0.15, 0.2) is 0 Å². The normalized spacial score (nSPS) is 48.5. The number of hydrogen-bond donors (Lipinski definition) is 1. The Morgan fingerprint density at radius 3 is 2.67 bits per heavy atom. The summed E-state index contributed by atoms with van der Waals surface area (Å²) in [7, 11) is 0. The molecular weight excluding hydrogens is 146 g/mol. The van der Waals surface area contributed by atoms with E-state index in [1.807, 2.05) is 0 Å². The number of rotatable bonds is 0.